The van der Waals surface area contributed by atoms with Crippen LogP contribution >= 0.6 is 0 Å². The molecule has 152 valence electrons. The third-order valence-electron chi connectivity index (χ3n) is 7.65. The summed E-state index contributed by atoms with van der Waals surface area (Å²) in [6.07, 6.45) is 0. The summed E-state index contributed by atoms with van der Waals surface area (Å²) in [5.41, 5.74) is 11.9. The van der Waals surface area contributed by atoms with Crippen LogP contribution in [0, 0.1) is 41.5 Å². The second-order valence-electron chi connectivity index (χ2n) is 9.34. The second kappa shape index (κ2) is 5.98. The Kier molecular flexibility index (Phi) is 4.07. The van der Waals surface area contributed by atoms with Crippen LogP contribution in [0.5, 0.6) is 0 Å². The van der Waals surface area contributed by atoms with Gasteiger partial charge in [-0.3, -0.25) is 0 Å². The quantitative estimate of drug-likeness (QED) is 0.340. The molecule has 1 aromatic heterocycles. The molecule has 2 aromatic carbocycles. The maximum atomic E-state index is 13.4. The zero-order valence-corrected chi connectivity index (χ0v) is 19.3. The van der Waals surface area contributed by atoms with Gasteiger partial charge < -0.3 is 9.73 Å². The van der Waals surface area contributed by atoms with Crippen LogP contribution in [-0.2, 0) is 0 Å². The van der Waals surface area contributed by atoms with Gasteiger partial charge >= 0.3 is 5.63 Å². The van der Waals surface area contributed by atoms with Crippen LogP contribution in [0.3, 0.4) is 0 Å². The lowest BCUT2D eigenvalue weighted by atomic mass is 9.79. The molecular formula is C26H31NO2. The summed E-state index contributed by atoms with van der Waals surface area (Å²) in [6.45, 7) is 21.4. The fraction of sp³-hybridized carbons (Fsp3) is 0.423. The van der Waals surface area contributed by atoms with Crippen LogP contribution in [0.2, 0.25) is 0 Å². The zero-order chi connectivity index (χ0) is 21.6. The van der Waals surface area contributed by atoms with Crippen molar-refractivity contribution in [3.63, 3.8) is 0 Å². The number of hydrogen-bond acceptors (Lipinski definition) is 3. The molecule has 0 amide bonds. The number of hydrogen-bond donors (Lipinski definition) is 1. The third kappa shape index (κ3) is 2.39. The van der Waals surface area contributed by atoms with Crippen molar-refractivity contribution in [3.05, 3.63) is 54.9 Å². The standard InChI is InChI=1S/C26H31NO2/c1-11-12(2)16(6)24-21(13(11)3)19-14(4)15(5)23-20(22(19)25(28)29-24)17(7)18(8)26(9,10)27-23/h27H,1-10H3. The molecule has 3 heteroatoms. The molecule has 0 bridgehead atoms. The summed E-state index contributed by atoms with van der Waals surface area (Å²) in [5.74, 6) is 0. The molecule has 0 atom stereocenters. The van der Waals surface area contributed by atoms with Crippen molar-refractivity contribution < 1.29 is 4.42 Å². The number of allylic oxidation sites excluding steroid dienone is 1. The third-order valence-corrected chi connectivity index (χ3v) is 7.65. The lowest BCUT2D eigenvalue weighted by Crippen LogP contribution is -2.36. The van der Waals surface area contributed by atoms with Gasteiger partial charge in [-0.1, -0.05) is 0 Å². The van der Waals surface area contributed by atoms with Gasteiger partial charge in [0.05, 0.1) is 10.9 Å². The topological polar surface area (TPSA) is 42.2 Å². The number of benzene rings is 2. The van der Waals surface area contributed by atoms with Crippen molar-refractivity contribution in [2.75, 3.05) is 5.32 Å². The highest BCUT2D eigenvalue weighted by molar-refractivity contribution is 6.15. The molecule has 0 aliphatic carbocycles. The lowest BCUT2D eigenvalue weighted by molar-refractivity contribution is 0.566. The van der Waals surface area contributed by atoms with Crippen molar-refractivity contribution in [2.24, 2.45) is 0 Å². The van der Waals surface area contributed by atoms with E-state index in [-0.39, 0.29) is 11.2 Å². The van der Waals surface area contributed by atoms with Crippen LogP contribution in [0.25, 0.3) is 27.3 Å². The molecule has 4 rings (SSSR count). The average Bonchev–Trinajstić information content (AvgIpc) is 2.66. The molecule has 1 aliphatic heterocycles. The maximum absolute atomic E-state index is 13.4. The first kappa shape index (κ1) is 19.8. The molecule has 0 radical (unpaired) electrons. The Labute approximate surface area is 172 Å². The predicted octanol–water partition coefficient (Wildman–Crippen LogP) is 6.79. The Morgan fingerprint density at radius 3 is 1.86 bits per heavy atom. The van der Waals surface area contributed by atoms with Gasteiger partial charge in [0.2, 0.25) is 0 Å². The van der Waals surface area contributed by atoms with Gasteiger partial charge in [0.25, 0.3) is 0 Å². The molecule has 3 aromatic rings. The Hall–Kier alpha value is -2.55. The summed E-state index contributed by atoms with van der Waals surface area (Å²) < 4.78 is 6.01. The fourth-order valence-corrected chi connectivity index (χ4v) is 4.96. The Balaban J connectivity index is 2.39. The second-order valence-corrected chi connectivity index (χ2v) is 9.34. The molecule has 0 unspecified atom stereocenters. The highest BCUT2D eigenvalue weighted by Crippen LogP contribution is 2.46. The van der Waals surface area contributed by atoms with E-state index in [0.717, 1.165) is 38.7 Å². The number of nitrogens with one attached hydrogen (secondary N) is 1. The van der Waals surface area contributed by atoms with Gasteiger partial charge in [-0.15, -0.1) is 0 Å². The van der Waals surface area contributed by atoms with Gasteiger partial charge in [-0.25, -0.2) is 4.79 Å². The van der Waals surface area contributed by atoms with Crippen molar-refractivity contribution in [1.82, 2.24) is 0 Å². The van der Waals surface area contributed by atoms with Gasteiger partial charge in [0.15, 0.2) is 0 Å². The van der Waals surface area contributed by atoms with Crippen LogP contribution in [-0.4, -0.2) is 5.54 Å². The van der Waals surface area contributed by atoms with Crippen molar-refractivity contribution in [2.45, 2.75) is 74.8 Å². The van der Waals surface area contributed by atoms with Crippen LogP contribution < -0.4 is 10.9 Å². The maximum Gasteiger partial charge on any atom is 0.344 e. The minimum Gasteiger partial charge on any atom is -0.422 e. The summed E-state index contributed by atoms with van der Waals surface area (Å²) in [5, 5.41) is 6.54. The number of rotatable bonds is 0. The van der Waals surface area contributed by atoms with Gasteiger partial charge in [0.1, 0.15) is 5.58 Å². The minimum atomic E-state index is -0.244. The number of anilines is 1. The zero-order valence-electron chi connectivity index (χ0n) is 19.3. The summed E-state index contributed by atoms with van der Waals surface area (Å²) in [6, 6.07) is 0. The molecule has 0 saturated carbocycles. The molecule has 3 nitrogen and oxygen atoms in total. The molecule has 1 aliphatic rings. The van der Waals surface area contributed by atoms with E-state index in [1.54, 1.807) is 0 Å². The van der Waals surface area contributed by atoms with Crippen LogP contribution in [0.15, 0.2) is 14.8 Å². The van der Waals surface area contributed by atoms with Crippen LogP contribution in [0.1, 0.15) is 66.6 Å². The SMILES string of the molecule is CC1=C(C)C(C)(C)Nc2c(C)c(C)c3c(c21)c(=O)oc1c(C)c(C)c(C)c(C)c13. The lowest BCUT2D eigenvalue weighted by Gasteiger charge is -2.38. The summed E-state index contributed by atoms with van der Waals surface area (Å²) in [4.78, 5) is 13.4. The molecular weight excluding hydrogens is 358 g/mol. The largest absolute Gasteiger partial charge is 0.422 e. The van der Waals surface area contributed by atoms with E-state index in [2.05, 4.69) is 74.6 Å². The van der Waals surface area contributed by atoms with E-state index in [0.29, 0.717) is 5.39 Å². The van der Waals surface area contributed by atoms with E-state index < -0.39 is 0 Å². The normalized spacial score (nSPS) is 15.8. The molecule has 2 heterocycles. The van der Waals surface area contributed by atoms with Gasteiger partial charge in [0, 0.05) is 22.0 Å². The smallest absolute Gasteiger partial charge is 0.344 e. The van der Waals surface area contributed by atoms with Gasteiger partial charge in [-0.2, -0.15) is 0 Å². The van der Waals surface area contributed by atoms with E-state index in [1.807, 2.05) is 0 Å². The monoisotopic (exact) mass is 389 g/mol. The summed E-state index contributed by atoms with van der Waals surface area (Å²) >= 11 is 0. The van der Waals surface area contributed by atoms with Gasteiger partial charge in [-0.05, 0) is 114 Å². The minimum absolute atomic E-state index is 0.154. The summed E-state index contributed by atoms with van der Waals surface area (Å²) in [7, 11) is 0. The van der Waals surface area contributed by atoms with Crippen molar-refractivity contribution >= 4 is 33.0 Å². The van der Waals surface area contributed by atoms with E-state index in [4.69, 9.17) is 4.42 Å². The number of aryl methyl sites for hydroxylation is 3. The predicted molar refractivity (Wildman–Crippen MR) is 124 cm³/mol. The fourth-order valence-electron chi connectivity index (χ4n) is 4.96. The Bertz CT molecular complexity index is 1330. The Morgan fingerprint density at radius 1 is 0.690 bits per heavy atom. The molecule has 1 N–H and O–H groups in total. The van der Waals surface area contributed by atoms with Crippen molar-refractivity contribution in [3.8, 4) is 0 Å². The molecule has 0 saturated heterocycles. The Morgan fingerprint density at radius 2 is 1.24 bits per heavy atom. The first-order valence-corrected chi connectivity index (χ1v) is 10.4. The van der Waals surface area contributed by atoms with E-state index >= 15 is 0 Å². The molecule has 0 fully saturated rings. The highest BCUT2D eigenvalue weighted by atomic mass is 16.4. The first-order valence-electron chi connectivity index (χ1n) is 10.4. The average molecular weight is 390 g/mol. The molecule has 0 spiro atoms. The highest BCUT2D eigenvalue weighted by Gasteiger charge is 2.33. The van der Waals surface area contributed by atoms with Crippen molar-refractivity contribution in [1.29, 1.82) is 0 Å². The van der Waals surface area contributed by atoms with E-state index in [9.17, 15) is 4.79 Å². The van der Waals surface area contributed by atoms with E-state index in [1.165, 1.54) is 33.4 Å². The molecule has 29 heavy (non-hydrogen) atoms. The number of fused-ring (bicyclic) bond motifs is 5. The van der Waals surface area contributed by atoms with Crippen LogP contribution in [0.4, 0.5) is 5.69 Å². The first-order chi connectivity index (χ1) is 13.4.